The first-order valence-electron chi connectivity index (χ1n) is 4.88. The topological polar surface area (TPSA) is 55.6 Å². The quantitative estimate of drug-likeness (QED) is 0.934. The highest BCUT2D eigenvalue weighted by atomic mass is 79.9. The van der Waals surface area contributed by atoms with Gasteiger partial charge in [0.2, 0.25) is 0 Å². The summed E-state index contributed by atoms with van der Waals surface area (Å²) in [6, 6.07) is 6.11. The molecule has 6 heteroatoms. The highest BCUT2D eigenvalue weighted by Gasteiger charge is 2.01. The Kier molecular flexibility index (Phi) is 3.19. The zero-order valence-electron chi connectivity index (χ0n) is 9.11. The lowest BCUT2D eigenvalue weighted by molar-refractivity contribution is 0.628. The first-order chi connectivity index (χ1) is 7.65. The van der Waals surface area contributed by atoms with Gasteiger partial charge in [0.15, 0.2) is 5.82 Å². The third kappa shape index (κ3) is 2.57. The number of benzene rings is 1. The average molecular weight is 282 g/mol. The van der Waals surface area contributed by atoms with Gasteiger partial charge in [-0.3, -0.25) is 0 Å². The number of halogens is 1. The number of hydrogen-bond donors (Lipinski definition) is 1. The fraction of sp³-hybridized carbons (Fsp3) is 0.300. The Hall–Kier alpha value is -1.43. The van der Waals surface area contributed by atoms with Gasteiger partial charge in [-0.15, -0.1) is 10.2 Å². The van der Waals surface area contributed by atoms with Gasteiger partial charge in [0.25, 0.3) is 0 Å². The molecule has 0 spiro atoms. The van der Waals surface area contributed by atoms with Crippen molar-refractivity contribution in [2.45, 2.75) is 13.5 Å². The molecular weight excluding hydrogens is 270 g/mol. The third-order valence-electron chi connectivity index (χ3n) is 2.17. The molecule has 0 atom stereocenters. The van der Waals surface area contributed by atoms with E-state index < -0.39 is 0 Å². The molecule has 1 heterocycles. The molecule has 1 aromatic carbocycles. The van der Waals surface area contributed by atoms with Crippen molar-refractivity contribution in [3.63, 3.8) is 0 Å². The van der Waals surface area contributed by atoms with E-state index >= 15 is 0 Å². The second-order valence-electron chi connectivity index (χ2n) is 3.51. The first-order valence-corrected chi connectivity index (χ1v) is 5.67. The maximum atomic E-state index is 4.09. The lowest BCUT2D eigenvalue weighted by Gasteiger charge is -2.05. The summed E-state index contributed by atoms with van der Waals surface area (Å²) in [6.07, 6.45) is 0. The number of nitrogens with zero attached hydrogens (tertiary/aromatic N) is 4. The van der Waals surface area contributed by atoms with Crippen LogP contribution >= 0.6 is 15.9 Å². The van der Waals surface area contributed by atoms with Gasteiger partial charge < -0.3 is 5.32 Å². The molecule has 5 nitrogen and oxygen atoms in total. The van der Waals surface area contributed by atoms with Crippen LogP contribution in [-0.4, -0.2) is 20.2 Å². The summed E-state index contributed by atoms with van der Waals surface area (Å²) in [7, 11) is 1.75. The molecule has 0 aliphatic rings. The molecule has 84 valence electrons. The van der Waals surface area contributed by atoms with E-state index in [-0.39, 0.29) is 0 Å². The molecule has 0 bridgehead atoms. The minimum Gasteiger partial charge on any atom is -0.378 e. The van der Waals surface area contributed by atoms with Crippen LogP contribution in [0.5, 0.6) is 0 Å². The van der Waals surface area contributed by atoms with Crippen molar-refractivity contribution in [2.24, 2.45) is 7.05 Å². The molecule has 1 N–H and O–H groups in total. The summed E-state index contributed by atoms with van der Waals surface area (Å²) < 4.78 is 1.09. The van der Waals surface area contributed by atoms with Crippen LogP contribution in [0.25, 0.3) is 0 Å². The molecule has 0 fully saturated rings. The average Bonchev–Trinajstić information content (AvgIpc) is 2.66. The summed E-state index contributed by atoms with van der Waals surface area (Å²) in [5.74, 6) is 0.680. The van der Waals surface area contributed by atoms with Crippen LogP contribution in [0.3, 0.4) is 0 Å². The maximum Gasteiger partial charge on any atom is 0.193 e. The van der Waals surface area contributed by atoms with Gasteiger partial charge in [0.1, 0.15) is 0 Å². The van der Waals surface area contributed by atoms with Crippen LogP contribution in [0, 0.1) is 6.92 Å². The van der Waals surface area contributed by atoms with E-state index in [4.69, 9.17) is 0 Å². The first kappa shape index (κ1) is 11.1. The van der Waals surface area contributed by atoms with Crippen molar-refractivity contribution in [1.29, 1.82) is 0 Å². The zero-order valence-corrected chi connectivity index (χ0v) is 10.7. The molecule has 0 saturated heterocycles. The number of tetrazole rings is 1. The molecule has 0 unspecified atom stereocenters. The summed E-state index contributed by atoms with van der Waals surface area (Å²) in [5, 5.41) is 15.0. The number of hydrogen-bond acceptors (Lipinski definition) is 4. The maximum absolute atomic E-state index is 4.09. The van der Waals surface area contributed by atoms with Crippen molar-refractivity contribution in [2.75, 3.05) is 5.32 Å². The second-order valence-corrected chi connectivity index (χ2v) is 4.37. The monoisotopic (exact) mass is 281 g/mol. The Bertz CT molecular complexity index is 494. The SMILES string of the molecule is Cc1ccc(NCc2nnn(C)n2)cc1Br. The molecular formula is C10H12BrN5. The van der Waals surface area contributed by atoms with Crippen LogP contribution in [0.15, 0.2) is 22.7 Å². The fourth-order valence-corrected chi connectivity index (χ4v) is 1.66. The summed E-state index contributed by atoms with van der Waals surface area (Å²) in [6.45, 7) is 2.63. The fourth-order valence-electron chi connectivity index (χ4n) is 1.28. The smallest absolute Gasteiger partial charge is 0.193 e. The van der Waals surface area contributed by atoms with E-state index in [2.05, 4.69) is 49.6 Å². The largest absolute Gasteiger partial charge is 0.378 e. The predicted molar refractivity (Wildman–Crippen MR) is 65.0 cm³/mol. The molecule has 1 aromatic heterocycles. The van der Waals surface area contributed by atoms with Gasteiger partial charge in [0.05, 0.1) is 13.6 Å². The van der Waals surface area contributed by atoms with Gasteiger partial charge in [-0.25, -0.2) is 0 Å². The molecule has 0 aliphatic heterocycles. The molecule has 2 rings (SSSR count). The lowest BCUT2D eigenvalue weighted by Crippen LogP contribution is -2.02. The van der Waals surface area contributed by atoms with E-state index in [9.17, 15) is 0 Å². The highest BCUT2D eigenvalue weighted by molar-refractivity contribution is 9.10. The Morgan fingerprint density at radius 2 is 2.25 bits per heavy atom. The van der Waals surface area contributed by atoms with E-state index in [1.165, 1.54) is 10.4 Å². The molecule has 0 amide bonds. The Labute approximate surface area is 102 Å². The minimum atomic E-state index is 0.573. The molecule has 0 saturated carbocycles. The second kappa shape index (κ2) is 4.61. The van der Waals surface area contributed by atoms with Crippen molar-refractivity contribution in [1.82, 2.24) is 20.2 Å². The number of rotatable bonds is 3. The van der Waals surface area contributed by atoms with Crippen LogP contribution < -0.4 is 5.32 Å². The molecule has 0 radical (unpaired) electrons. The van der Waals surface area contributed by atoms with Gasteiger partial charge >= 0.3 is 0 Å². The highest BCUT2D eigenvalue weighted by Crippen LogP contribution is 2.20. The van der Waals surface area contributed by atoms with Crippen molar-refractivity contribution in [3.8, 4) is 0 Å². The van der Waals surface area contributed by atoms with E-state index in [0.717, 1.165) is 10.2 Å². The third-order valence-corrected chi connectivity index (χ3v) is 3.03. The molecule has 16 heavy (non-hydrogen) atoms. The van der Waals surface area contributed by atoms with E-state index in [0.29, 0.717) is 12.4 Å². The van der Waals surface area contributed by atoms with Crippen molar-refractivity contribution >= 4 is 21.6 Å². The van der Waals surface area contributed by atoms with E-state index in [1.807, 2.05) is 12.1 Å². The summed E-state index contributed by atoms with van der Waals surface area (Å²) in [5.41, 5.74) is 2.24. The van der Waals surface area contributed by atoms with Crippen LogP contribution in [0.4, 0.5) is 5.69 Å². The Morgan fingerprint density at radius 1 is 1.44 bits per heavy atom. The number of nitrogens with one attached hydrogen (secondary N) is 1. The number of anilines is 1. The summed E-state index contributed by atoms with van der Waals surface area (Å²) in [4.78, 5) is 1.45. The lowest BCUT2D eigenvalue weighted by atomic mass is 10.2. The molecule has 2 aromatic rings. The van der Waals surface area contributed by atoms with Gasteiger partial charge in [0, 0.05) is 10.2 Å². The summed E-state index contributed by atoms with van der Waals surface area (Å²) >= 11 is 3.49. The van der Waals surface area contributed by atoms with E-state index in [1.54, 1.807) is 7.05 Å². The standard InChI is InChI=1S/C10H12BrN5/c1-7-3-4-8(5-9(7)11)12-6-10-13-15-16(2)14-10/h3-5,12H,6H2,1-2H3. The number of aromatic nitrogens is 4. The number of aryl methyl sites for hydroxylation is 2. The Balaban J connectivity index is 2.02. The normalized spacial score (nSPS) is 10.4. The van der Waals surface area contributed by atoms with Gasteiger partial charge in [-0.2, -0.15) is 4.80 Å². The van der Waals surface area contributed by atoms with Crippen LogP contribution in [0.1, 0.15) is 11.4 Å². The minimum absolute atomic E-state index is 0.573. The zero-order chi connectivity index (χ0) is 11.5. The van der Waals surface area contributed by atoms with Crippen molar-refractivity contribution in [3.05, 3.63) is 34.1 Å². The van der Waals surface area contributed by atoms with Gasteiger partial charge in [-0.05, 0) is 29.8 Å². The van der Waals surface area contributed by atoms with Crippen LogP contribution in [-0.2, 0) is 13.6 Å². The van der Waals surface area contributed by atoms with Crippen molar-refractivity contribution < 1.29 is 0 Å². The Morgan fingerprint density at radius 3 is 2.88 bits per heavy atom. The van der Waals surface area contributed by atoms with Crippen LogP contribution in [0.2, 0.25) is 0 Å². The van der Waals surface area contributed by atoms with Gasteiger partial charge in [-0.1, -0.05) is 22.0 Å². The molecule has 0 aliphatic carbocycles. The predicted octanol–water partition coefficient (Wildman–Crippen LogP) is 1.89.